The summed E-state index contributed by atoms with van der Waals surface area (Å²) in [5, 5.41) is 2.54. The van der Waals surface area contributed by atoms with Gasteiger partial charge in [0.1, 0.15) is 0 Å². The minimum atomic E-state index is -0.0284. The molecule has 63 heavy (non-hydrogen) atoms. The third-order valence-electron chi connectivity index (χ3n) is 14.7. The summed E-state index contributed by atoms with van der Waals surface area (Å²) >= 11 is 0. The van der Waals surface area contributed by atoms with Crippen LogP contribution in [0.3, 0.4) is 0 Å². The van der Waals surface area contributed by atoms with Crippen LogP contribution < -0.4 is 26.2 Å². The Kier molecular flexibility index (Phi) is 9.04. The number of fused-ring (bicyclic) bond motifs is 6. The van der Waals surface area contributed by atoms with Gasteiger partial charge in [0.25, 0.3) is 6.71 Å². The van der Waals surface area contributed by atoms with Gasteiger partial charge in [-0.25, -0.2) is 0 Å². The highest BCUT2D eigenvalue weighted by molar-refractivity contribution is 7.00. The average molecular weight is 825 g/mol. The van der Waals surface area contributed by atoms with E-state index in [1.807, 2.05) is 0 Å². The highest BCUT2D eigenvalue weighted by Gasteiger charge is 2.48. The first-order valence-corrected chi connectivity index (χ1v) is 23.3. The first-order chi connectivity index (χ1) is 29.5. The van der Waals surface area contributed by atoms with E-state index >= 15 is 0 Å². The van der Waals surface area contributed by atoms with Gasteiger partial charge in [-0.15, -0.1) is 0 Å². The van der Waals surface area contributed by atoms with Gasteiger partial charge < -0.3 is 9.80 Å². The summed E-state index contributed by atoms with van der Waals surface area (Å²) in [7, 11) is 0. The lowest BCUT2D eigenvalue weighted by molar-refractivity contribution is 0.403. The van der Waals surface area contributed by atoms with Gasteiger partial charge in [0.2, 0.25) is 0 Å². The smallest absolute Gasteiger partial charge is 0.252 e. The summed E-state index contributed by atoms with van der Waals surface area (Å²) in [5.74, 6) is 0. The van der Waals surface area contributed by atoms with Crippen LogP contribution in [0.5, 0.6) is 0 Å². The number of hydrogen-bond acceptors (Lipinski definition) is 2. The molecule has 0 atom stereocenters. The molecule has 0 N–H and O–H groups in total. The summed E-state index contributed by atoms with van der Waals surface area (Å²) < 4.78 is 0. The zero-order chi connectivity index (χ0) is 44.8. The monoisotopic (exact) mass is 825 g/mol. The topological polar surface area (TPSA) is 6.48 Å². The first-order valence-electron chi connectivity index (χ1n) is 23.3. The van der Waals surface area contributed by atoms with E-state index in [0.29, 0.717) is 0 Å². The molecule has 1 aliphatic carbocycles. The Morgan fingerprint density at radius 1 is 0.460 bits per heavy atom. The predicted molar refractivity (Wildman–Crippen MR) is 275 cm³/mol. The van der Waals surface area contributed by atoms with Crippen LogP contribution in [0.1, 0.15) is 130 Å². The minimum Gasteiger partial charge on any atom is -0.311 e. The van der Waals surface area contributed by atoms with E-state index in [9.17, 15) is 0 Å². The fourth-order valence-corrected chi connectivity index (χ4v) is 11.6. The predicted octanol–water partition coefficient (Wildman–Crippen LogP) is 14.7. The lowest BCUT2D eigenvalue weighted by Gasteiger charge is -2.46. The van der Waals surface area contributed by atoms with Crippen molar-refractivity contribution in [1.29, 1.82) is 0 Å². The summed E-state index contributed by atoms with van der Waals surface area (Å²) in [6.07, 6.45) is 1.12. The average Bonchev–Trinajstić information content (AvgIpc) is 3.39. The van der Waals surface area contributed by atoms with Gasteiger partial charge in [0.05, 0.1) is 5.69 Å². The lowest BCUT2D eigenvalue weighted by Crippen LogP contribution is -2.61. The summed E-state index contributed by atoms with van der Waals surface area (Å²) in [5.41, 5.74) is 22.5. The van der Waals surface area contributed by atoms with Gasteiger partial charge in [0, 0.05) is 34.0 Å². The van der Waals surface area contributed by atoms with Crippen molar-refractivity contribution >= 4 is 68.0 Å². The van der Waals surface area contributed by atoms with Crippen LogP contribution >= 0.6 is 0 Å². The maximum Gasteiger partial charge on any atom is 0.252 e. The Morgan fingerprint density at radius 2 is 1.03 bits per heavy atom. The number of benzene rings is 7. The van der Waals surface area contributed by atoms with Gasteiger partial charge in [-0.3, -0.25) is 0 Å². The second kappa shape index (κ2) is 13.7. The van der Waals surface area contributed by atoms with Crippen molar-refractivity contribution in [3.8, 4) is 11.1 Å². The first kappa shape index (κ1) is 41.5. The van der Waals surface area contributed by atoms with E-state index < -0.39 is 0 Å². The molecule has 0 aromatic heterocycles. The molecule has 2 heterocycles. The Morgan fingerprint density at radius 3 is 1.73 bits per heavy atom. The van der Waals surface area contributed by atoms with E-state index in [-0.39, 0.29) is 33.8 Å². The fourth-order valence-electron chi connectivity index (χ4n) is 11.6. The van der Waals surface area contributed by atoms with E-state index in [0.717, 1.165) is 6.42 Å². The molecule has 0 amide bonds. The quantitative estimate of drug-likeness (QED) is 0.164. The number of nitrogens with zero attached hydrogens (tertiary/aromatic N) is 2. The van der Waals surface area contributed by atoms with E-state index in [1.165, 1.54) is 106 Å². The van der Waals surface area contributed by atoms with Crippen LogP contribution in [-0.2, 0) is 27.1 Å². The minimum absolute atomic E-state index is 0.00434. The van der Waals surface area contributed by atoms with Crippen molar-refractivity contribution in [2.75, 3.05) is 9.80 Å². The molecule has 318 valence electrons. The van der Waals surface area contributed by atoms with Crippen molar-refractivity contribution in [2.45, 2.75) is 130 Å². The maximum absolute atomic E-state index is 2.68. The zero-order valence-electron chi connectivity index (χ0n) is 40.3. The largest absolute Gasteiger partial charge is 0.311 e. The molecular weight excluding hydrogens is 759 g/mol. The number of anilines is 6. The summed E-state index contributed by atoms with van der Waals surface area (Å²) in [4.78, 5) is 5.29. The second-order valence-corrected chi connectivity index (χ2v) is 23.6. The van der Waals surface area contributed by atoms with Crippen molar-refractivity contribution in [1.82, 2.24) is 0 Å². The fraction of sp³-hybridized carbons (Fsp3) is 0.333. The Hall–Kier alpha value is -5.54. The molecule has 0 radical (unpaired) electrons. The normalized spacial score (nSPS) is 16.2. The number of rotatable bonds is 3. The molecule has 0 unspecified atom stereocenters. The highest BCUT2D eigenvalue weighted by Crippen LogP contribution is 2.54. The molecule has 10 rings (SSSR count). The van der Waals surface area contributed by atoms with E-state index in [2.05, 4.69) is 234 Å². The Balaban J connectivity index is 1.35. The van der Waals surface area contributed by atoms with Crippen LogP contribution in [0.25, 0.3) is 21.9 Å². The van der Waals surface area contributed by atoms with Crippen molar-refractivity contribution in [3.63, 3.8) is 0 Å². The van der Waals surface area contributed by atoms with Gasteiger partial charge in [-0.2, -0.15) is 0 Å². The van der Waals surface area contributed by atoms with E-state index in [1.54, 1.807) is 0 Å². The van der Waals surface area contributed by atoms with Crippen molar-refractivity contribution in [2.24, 2.45) is 0 Å². The molecular formula is C60H65BN2. The van der Waals surface area contributed by atoms with Crippen molar-refractivity contribution < 1.29 is 0 Å². The second-order valence-electron chi connectivity index (χ2n) is 23.6. The summed E-state index contributed by atoms with van der Waals surface area (Å²) in [6.45, 7) is 33.2. The van der Waals surface area contributed by atoms with Gasteiger partial charge >= 0.3 is 0 Å². The lowest BCUT2D eigenvalue weighted by atomic mass is 9.33. The summed E-state index contributed by atoms with van der Waals surface area (Å²) in [6, 6.07) is 50.1. The van der Waals surface area contributed by atoms with Crippen LogP contribution in [-0.4, -0.2) is 6.71 Å². The number of hydrogen-bond donors (Lipinski definition) is 0. The van der Waals surface area contributed by atoms with Crippen LogP contribution in [0.15, 0.2) is 127 Å². The highest BCUT2D eigenvalue weighted by atomic mass is 15.2. The third-order valence-corrected chi connectivity index (χ3v) is 14.7. The van der Waals surface area contributed by atoms with Gasteiger partial charge in [-0.05, 0) is 155 Å². The molecule has 0 bridgehead atoms. The Bertz CT molecular complexity index is 3010. The third kappa shape index (κ3) is 6.59. The molecule has 0 saturated carbocycles. The van der Waals surface area contributed by atoms with Gasteiger partial charge in [0.15, 0.2) is 0 Å². The molecule has 3 aliphatic rings. The Labute approximate surface area is 378 Å². The van der Waals surface area contributed by atoms with Gasteiger partial charge in [-0.1, -0.05) is 169 Å². The molecule has 3 heteroatoms. The molecule has 2 nitrogen and oxygen atoms in total. The zero-order valence-corrected chi connectivity index (χ0v) is 40.3. The molecule has 7 aromatic carbocycles. The van der Waals surface area contributed by atoms with Crippen molar-refractivity contribution in [3.05, 3.63) is 161 Å². The molecule has 2 aliphatic heterocycles. The molecule has 0 fully saturated rings. The number of aryl methyl sites for hydroxylation is 1. The molecule has 0 spiro atoms. The molecule has 0 saturated heterocycles. The maximum atomic E-state index is 2.68. The standard InChI is InChI=1S/C60H65BN2/c1-37-29-53-55-54(30-37)63(50-28-26-40(57(5,6)7)32-45(50)44-24-17-20-38-19-15-16-23-43(38)44)52-35-47-46(59(11,12)36-60(47,13)14)34-49(52)61(55)48-27-25-41(58(8,9)10)33-51(48)62(53)42-22-18-21-39(31-42)56(2,3)4/h15-35H,36H2,1-14H3. The van der Waals surface area contributed by atoms with Crippen LogP contribution in [0, 0.1) is 6.92 Å². The SMILES string of the molecule is Cc1cc2c3c(c1)N(c1ccc(C(C)(C)C)cc1-c1cccc4ccccc14)c1cc4c(cc1B3c1ccc(C(C)(C)C)cc1N2c1cccc(C(C)(C)C)c1)C(C)(C)CC4(C)C. The molecule has 7 aromatic rings. The van der Waals surface area contributed by atoms with Crippen LogP contribution in [0.2, 0.25) is 0 Å². The van der Waals surface area contributed by atoms with Crippen LogP contribution in [0.4, 0.5) is 34.1 Å². The van der Waals surface area contributed by atoms with E-state index in [4.69, 9.17) is 0 Å².